The number of nitrogens with zero attached hydrogens (tertiary/aromatic N) is 6. The Morgan fingerprint density at radius 3 is 2.81 bits per heavy atom. The first-order valence-electron chi connectivity index (χ1n) is 10.3. The fraction of sp³-hybridized carbons (Fsp3) is 0.261. The second-order valence-corrected chi connectivity index (χ2v) is 7.85. The molecule has 0 atom stereocenters. The summed E-state index contributed by atoms with van der Waals surface area (Å²) in [6, 6.07) is 11.9. The summed E-state index contributed by atoms with van der Waals surface area (Å²) < 4.78 is 1.65. The van der Waals surface area contributed by atoms with E-state index in [1.165, 1.54) is 0 Å². The van der Waals surface area contributed by atoms with E-state index >= 15 is 0 Å². The zero-order chi connectivity index (χ0) is 21.4. The standard InChI is InChI=1S/C23H23N7O/c1-29(14-21(31)26-20-10-11-30(2)28-20)23-17-8-5-9-18(17)25-22(27-23)19-12-15-6-3-4-7-16(15)13-24-19/h3-4,6-7,10-13H,5,8-9,14H2,1-2H3,(H,26,28,31). The number of anilines is 2. The van der Waals surface area contributed by atoms with Gasteiger partial charge in [0.1, 0.15) is 11.5 Å². The zero-order valence-electron chi connectivity index (χ0n) is 17.5. The quantitative estimate of drug-likeness (QED) is 0.541. The lowest BCUT2D eigenvalue weighted by atomic mass is 10.1. The highest BCUT2D eigenvalue weighted by Gasteiger charge is 2.23. The van der Waals surface area contributed by atoms with Crippen molar-refractivity contribution < 1.29 is 4.79 Å². The highest BCUT2D eigenvalue weighted by Crippen LogP contribution is 2.31. The van der Waals surface area contributed by atoms with Gasteiger partial charge in [0, 0.05) is 49.2 Å². The van der Waals surface area contributed by atoms with Gasteiger partial charge in [-0.2, -0.15) is 5.10 Å². The maximum Gasteiger partial charge on any atom is 0.245 e. The second kappa shape index (κ2) is 7.79. The van der Waals surface area contributed by atoms with Gasteiger partial charge in [0.25, 0.3) is 0 Å². The van der Waals surface area contributed by atoms with Crippen molar-refractivity contribution in [2.45, 2.75) is 19.3 Å². The number of aromatic nitrogens is 5. The number of amides is 1. The number of nitrogens with one attached hydrogen (secondary N) is 1. The van der Waals surface area contributed by atoms with Crippen molar-refractivity contribution in [2.24, 2.45) is 7.05 Å². The molecule has 8 heteroatoms. The van der Waals surface area contributed by atoms with Gasteiger partial charge in [-0.25, -0.2) is 9.97 Å². The lowest BCUT2D eigenvalue weighted by Crippen LogP contribution is -2.31. The molecule has 0 saturated heterocycles. The Bertz CT molecular complexity index is 1280. The Morgan fingerprint density at radius 2 is 2.00 bits per heavy atom. The average molecular weight is 413 g/mol. The molecular formula is C23H23N7O. The van der Waals surface area contributed by atoms with E-state index < -0.39 is 0 Å². The molecular weight excluding hydrogens is 390 g/mol. The highest BCUT2D eigenvalue weighted by molar-refractivity contribution is 5.93. The third-order valence-electron chi connectivity index (χ3n) is 5.49. The largest absolute Gasteiger partial charge is 0.350 e. The molecule has 0 spiro atoms. The monoisotopic (exact) mass is 413 g/mol. The van der Waals surface area contributed by atoms with Crippen molar-refractivity contribution in [1.29, 1.82) is 0 Å². The number of fused-ring (bicyclic) bond motifs is 2. The number of hydrogen-bond acceptors (Lipinski definition) is 6. The number of aryl methyl sites for hydroxylation is 2. The molecule has 156 valence electrons. The molecule has 3 aromatic heterocycles. The Kier molecular flexibility index (Phi) is 4.82. The summed E-state index contributed by atoms with van der Waals surface area (Å²) in [7, 11) is 3.70. The Morgan fingerprint density at radius 1 is 1.16 bits per heavy atom. The first-order valence-corrected chi connectivity index (χ1v) is 10.3. The predicted octanol–water partition coefficient (Wildman–Crippen LogP) is 2.99. The summed E-state index contributed by atoms with van der Waals surface area (Å²) in [5.74, 6) is 1.79. The third kappa shape index (κ3) is 3.84. The van der Waals surface area contributed by atoms with Crippen molar-refractivity contribution in [1.82, 2.24) is 24.7 Å². The van der Waals surface area contributed by atoms with E-state index in [0.29, 0.717) is 11.6 Å². The molecule has 0 unspecified atom stereocenters. The lowest BCUT2D eigenvalue weighted by molar-refractivity contribution is -0.114. The van der Waals surface area contributed by atoms with Crippen LogP contribution in [0.15, 0.2) is 48.8 Å². The second-order valence-electron chi connectivity index (χ2n) is 7.85. The number of hydrogen-bond donors (Lipinski definition) is 1. The van der Waals surface area contributed by atoms with Crippen molar-refractivity contribution in [3.63, 3.8) is 0 Å². The minimum Gasteiger partial charge on any atom is -0.350 e. The van der Waals surface area contributed by atoms with E-state index in [4.69, 9.17) is 9.97 Å². The van der Waals surface area contributed by atoms with Crippen LogP contribution >= 0.6 is 0 Å². The van der Waals surface area contributed by atoms with E-state index in [1.54, 1.807) is 16.9 Å². The number of carbonyl (C=O) groups excluding carboxylic acids is 1. The summed E-state index contributed by atoms with van der Waals surface area (Å²) in [5.41, 5.74) is 2.91. The van der Waals surface area contributed by atoms with Gasteiger partial charge in [-0.15, -0.1) is 0 Å². The fourth-order valence-corrected chi connectivity index (χ4v) is 4.00. The van der Waals surface area contributed by atoms with Crippen LogP contribution in [-0.2, 0) is 24.7 Å². The first-order chi connectivity index (χ1) is 15.1. The number of rotatable bonds is 5. The van der Waals surface area contributed by atoms with Crippen LogP contribution in [0.2, 0.25) is 0 Å². The molecule has 8 nitrogen and oxygen atoms in total. The van der Waals surface area contributed by atoms with Crippen LogP contribution in [0.3, 0.4) is 0 Å². The molecule has 0 aliphatic heterocycles. The molecule has 0 radical (unpaired) electrons. The van der Waals surface area contributed by atoms with E-state index in [9.17, 15) is 4.79 Å². The van der Waals surface area contributed by atoms with Crippen LogP contribution in [0.5, 0.6) is 0 Å². The maximum absolute atomic E-state index is 12.5. The van der Waals surface area contributed by atoms with Crippen LogP contribution < -0.4 is 10.2 Å². The van der Waals surface area contributed by atoms with Crippen LogP contribution in [0.25, 0.3) is 22.3 Å². The van der Waals surface area contributed by atoms with Crippen molar-refractivity contribution in [3.8, 4) is 11.5 Å². The summed E-state index contributed by atoms with van der Waals surface area (Å²) in [5, 5.41) is 9.21. The van der Waals surface area contributed by atoms with Crippen LogP contribution in [0, 0.1) is 0 Å². The molecule has 0 fully saturated rings. The normalized spacial score (nSPS) is 12.7. The van der Waals surface area contributed by atoms with Gasteiger partial charge in [-0.3, -0.25) is 14.5 Å². The Labute approximate surface area is 180 Å². The van der Waals surface area contributed by atoms with Gasteiger partial charge >= 0.3 is 0 Å². The molecule has 3 heterocycles. The van der Waals surface area contributed by atoms with Crippen molar-refractivity contribution in [3.05, 3.63) is 60.0 Å². The number of pyridine rings is 1. The molecule has 31 heavy (non-hydrogen) atoms. The van der Waals surface area contributed by atoms with Gasteiger partial charge in [0.15, 0.2) is 11.6 Å². The van der Waals surface area contributed by atoms with E-state index in [0.717, 1.165) is 52.8 Å². The molecule has 0 bridgehead atoms. The maximum atomic E-state index is 12.5. The van der Waals surface area contributed by atoms with Crippen LogP contribution in [0.1, 0.15) is 17.7 Å². The lowest BCUT2D eigenvalue weighted by Gasteiger charge is -2.21. The van der Waals surface area contributed by atoms with E-state index in [2.05, 4.69) is 21.5 Å². The molecule has 1 amide bonds. The van der Waals surface area contributed by atoms with Gasteiger partial charge in [0.2, 0.25) is 5.91 Å². The Hall–Kier alpha value is -3.81. The molecule has 5 rings (SSSR count). The zero-order valence-corrected chi connectivity index (χ0v) is 17.5. The van der Waals surface area contributed by atoms with E-state index in [-0.39, 0.29) is 12.5 Å². The van der Waals surface area contributed by atoms with Crippen molar-refractivity contribution >= 4 is 28.3 Å². The van der Waals surface area contributed by atoms with Crippen LogP contribution in [-0.4, -0.2) is 44.2 Å². The van der Waals surface area contributed by atoms with Crippen LogP contribution in [0.4, 0.5) is 11.6 Å². The molecule has 1 aliphatic carbocycles. The summed E-state index contributed by atoms with van der Waals surface area (Å²) in [6.07, 6.45) is 6.52. The minimum atomic E-state index is -0.142. The van der Waals surface area contributed by atoms with Gasteiger partial charge in [0.05, 0.1) is 6.54 Å². The summed E-state index contributed by atoms with van der Waals surface area (Å²) in [4.78, 5) is 28.7. The molecule has 0 saturated carbocycles. The minimum absolute atomic E-state index is 0.142. The van der Waals surface area contributed by atoms with Gasteiger partial charge in [-0.1, -0.05) is 24.3 Å². The first kappa shape index (κ1) is 19.2. The average Bonchev–Trinajstić information content (AvgIpc) is 3.41. The topological polar surface area (TPSA) is 88.8 Å². The predicted molar refractivity (Wildman–Crippen MR) is 120 cm³/mol. The fourth-order valence-electron chi connectivity index (χ4n) is 4.00. The molecule has 1 aliphatic rings. The number of likely N-dealkylation sites (N-methyl/N-ethyl adjacent to an activating group) is 1. The molecule has 1 aromatic carbocycles. The smallest absolute Gasteiger partial charge is 0.245 e. The summed E-state index contributed by atoms with van der Waals surface area (Å²) >= 11 is 0. The van der Waals surface area contributed by atoms with Crippen molar-refractivity contribution in [2.75, 3.05) is 23.8 Å². The Balaban J connectivity index is 1.45. The van der Waals surface area contributed by atoms with Gasteiger partial charge < -0.3 is 10.2 Å². The third-order valence-corrected chi connectivity index (χ3v) is 5.49. The molecule has 4 aromatic rings. The SMILES string of the molecule is CN(CC(=O)Nc1ccn(C)n1)c1nc(-c2cc3ccccc3cn2)nc2c1CCC2. The number of benzene rings is 1. The highest BCUT2D eigenvalue weighted by atomic mass is 16.2. The van der Waals surface area contributed by atoms with E-state index in [1.807, 2.05) is 49.5 Å². The summed E-state index contributed by atoms with van der Waals surface area (Å²) in [6.45, 7) is 0.171. The number of carbonyl (C=O) groups is 1. The molecule has 1 N–H and O–H groups in total. The van der Waals surface area contributed by atoms with Gasteiger partial charge in [-0.05, 0) is 30.7 Å².